The highest BCUT2D eigenvalue weighted by molar-refractivity contribution is 5.87. The van der Waals surface area contributed by atoms with Crippen LogP contribution in [0.2, 0.25) is 0 Å². The second kappa shape index (κ2) is 5.11. The van der Waals surface area contributed by atoms with E-state index in [2.05, 4.69) is 13.8 Å². The van der Waals surface area contributed by atoms with Crippen molar-refractivity contribution in [3.05, 3.63) is 0 Å². The summed E-state index contributed by atoms with van der Waals surface area (Å²) in [5.41, 5.74) is -0.458. The molecule has 2 atom stereocenters. The minimum atomic E-state index is -0.458. The van der Waals surface area contributed by atoms with Crippen molar-refractivity contribution in [2.45, 2.75) is 59.0 Å². The van der Waals surface area contributed by atoms with E-state index in [1.165, 1.54) is 6.42 Å². The summed E-state index contributed by atoms with van der Waals surface area (Å²) < 4.78 is 5.81. The molecule has 1 aliphatic carbocycles. The van der Waals surface area contributed by atoms with Crippen molar-refractivity contribution in [3.63, 3.8) is 0 Å². The predicted octanol–water partition coefficient (Wildman–Crippen LogP) is 3.20. The van der Waals surface area contributed by atoms with Crippen molar-refractivity contribution in [3.8, 4) is 0 Å². The van der Waals surface area contributed by atoms with E-state index in [0.717, 1.165) is 12.8 Å². The first-order valence-electron chi connectivity index (χ1n) is 6.21. The Kier molecular flexibility index (Phi) is 4.32. The fourth-order valence-corrected chi connectivity index (χ4v) is 3.09. The standard InChI is InChI=1S/C13H24O2/c1-5-12(14)13(15-6-2)8-10(3)7-11(4)9-13/h10-11H,5-9H2,1-4H3. The zero-order valence-electron chi connectivity index (χ0n) is 10.5. The number of ether oxygens (including phenoxy) is 1. The van der Waals surface area contributed by atoms with Crippen molar-refractivity contribution in [1.29, 1.82) is 0 Å². The molecule has 2 nitrogen and oxygen atoms in total. The Morgan fingerprint density at radius 1 is 1.27 bits per heavy atom. The van der Waals surface area contributed by atoms with Crippen LogP contribution in [0.5, 0.6) is 0 Å². The molecule has 0 aliphatic heterocycles. The van der Waals surface area contributed by atoms with E-state index in [1.807, 2.05) is 13.8 Å². The van der Waals surface area contributed by atoms with Gasteiger partial charge in [0.05, 0.1) is 0 Å². The maximum atomic E-state index is 12.0. The average molecular weight is 212 g/mol. The molecule has 0 N–H and O–H groups in total. The largest absolute Gasteiger partial charge is 0.367 e. The molecule has 2 heteroatoms. The Hall–Kier alpha value is -0.370. The van der Waals surface area contributed by atoms with Crippen LogP contribution >= 0.6 is 0 Å². The van der Waals surface area contributed by atoms with Crippen LogP contribution in [0.25, 0.3) is 0 Å². The molecule has 0 heterocycles. The molecule has 1 rings (SSSR count). The molecule has 1 saturated carbocycles. The molecule has 0 amide bonds. The number of rotatable bonds is 4. The maximum absolute atomic E-state index is 12.0. The molecule has 0 bridgehead atoms. The van der Waals surface area contributed by atoms with Gasteiger partial charge in [-0.25, -0.2) is 0 Å². The van der Waals surface area contributed by atoms with E-state index in [9.17, 15) is 4.79 Å². The van der Waals surface area contributed by atoms with Crippen molar-refractivity contribution < 1.29 is 9.53 Å². The lowest BCUT2D eigenvalue weighted by Crippen LogP contribution is -2.47. The van der Waals surface area contributed by atoms with Crippen LogP contribution in [0.4, 0.5) is 0 Å². The molecule has 0 aromatic carbocycles. The molecule has 2 unspecified atom stereocenters. The van der Waals surface area contributed by atoms with Crippen LogP contribution in [0.3, 0.4) is 0 Å². The highest BCUT2D eigenvalue weighted by atomic mass is 16.5. The van der Waals surface area contributed by atoms with Crippen LogP contribution in [0.15, 0.2) is 0 Å². The Labute approximate surface area is 93.4 Å². The highest BCUT2D eigenvalue weighted by Gasteiger charge is 2.43. The normalized spacial score (nSPS) is 36.5. The van der Waals surface area contributed by atoms with E-state index in [-0.39, 0.29) is 0 Å². The van der Waals surface area contributed by atoms with Gasteiger partial charge in [0, 0.05) is 13.0 Å². The highest BCUT2D eigenvalue weighted by Crippen LogP contribution is 2.39. The summed E-state index contributed by atoms with van der Waals surface area (Å²) in [6.07, 6.45) is 3.65. The Balaban J connectivity index is 2.83. The fraction of sp³-hybridized carbons (Fsp3) is 0.923. The first kappa shape index (κ1) is 12.7. The van der Waals surface area contributed by atoms with E-state index in [0.29, 0.717) is 30.6 Å². The topological polar surface area (TPSA) is 26.3 Å². The van der Waals surface area contributed by atoms with E-state index >= 15 is 0 Å². The minimum Gasteiger partial charge on any atom is -0.367 e. The summed E-state index contributed by atoms with van der Waals surface area (Å²) in [5, 5.41) is 0. The lowest BCUT2D eigenvalue weighted by atomic mass is 9.71. The van der Waals surface area contributed by atoms with Gasteiger partial charge >= 0.3 is 0 Å². The number of carbonyl (C=O) groups is 1. The van der Waals surface area contributed by atoms with Gasteiger partial charge in [0.1, 0.15) is 5.60 Å². The van der Waals surface area contributed by atoms with Gasteiger partial charge in [-0.15, -0.1) is 0 Å². The molecule has 0 aromatic heterocycles. The average Bonchev–Trinajstić information content (AvgIpc) is 2.15. The zero-order valence-corrected chi connectivity index (χ0v) is 10.5. The number of hydrogen-bond acceptors (Lipinski definition) is 2. The van der Waals surface area contributed by atoms with Crippen molar-refractivity contribution in [2.24, 2.45) is 11.8 Å². The summed E-state index contributed by atoms with van der Waals surface area (Å²) in [6.45, 7) is 9.02. The fourth-order valence-electron chi connectivity index (χ4n) is 3.09. The van der Waals surface area contributed by atoms with E-state index < -0.39 is 5.60 Å². The number of carbonyl (C=O) groups excluding carboxylic acids is 1. The summed E-state index contributed by atoms with van der Waals surface area (Å²) >= 11 is 0. The molecule has 0 aromatic rings. The predicted molar refractivity (Wildman–Crippen MR) is 61.8 cm³/mol. The number of Topliss-reactive ketones (excluding diaryl/α,β-unsaturated/α-hetero) is 1. The van der Waals surface area contributed by atoms with Gasteiger partial charge in [0.15, 0.2) is 5.78 Å². The first-order chi connectivity index (χ1) is 7.04. The van der Waals surface area contributed by atoms with Gasteiger partial charge in [-0.1, -0.05) is 20.8 Å². The Morgan fingerprint density at radius 3 is 2.20 bits per heavy atom. The van der Waals surface area contributed by atoms with Gasteiger partial charge in [0.25, 0.3) is 0 Å². The monoisotopic (exact) mass is 212 g/mol. The van der Waals surface area contributed by atoms with Crippen molar-refractivity contribution >= 4 is 5.78 Å². The summed E-state index contributed by atoms with van der Waals surface area (Å²) in [4.78, 5) is 12.0. The number of ketones is 1. The van der Waals surface area contributed by atoms with Gasteiger partial charge in [-0.3, -0.25) is 4.79 Å². The van der Waals surface area contributed by atoms with Gasteiger partial charge < -0.3 is 4.74 Å². The SMILES string of the molecule is CCOC1(C(=O)CC)CC(C)CC(C)C1. The Bertz CT molecular complexity index is 213. The summed E-state index contributed by atoms with van der Waals surface area (Å²) in [6, 6.07) is 0. The maximum Gasteiger partial charge on any atom is 0.164 e. The number of hydrogen-bond donors (Lipinski definition) is 0. The van der Waals surface area contributed by atoms with Crippen molar-refractivity contribution in [2.75, 3.05) is 6.61 Å². The molecular weight excluding hydrogens is 188 g/mol. The van der Waals surface area contributed by atoms with Gasteiger partial charge in [0.2, 0.25) is 0 Å². The van der Waals surface area contributed by atoms with Crippen LogP contribution in [0.1, 0.15) is 53.4 Å². The quantitative estimate of drug-likeness (QED) is 0.715. The first-order valence-corrected chi connectivity index (χ1v) is 6.21. The molecule has 1 aliphatic rings. The summed E-state index contributed by atoms with van der Waals surface area (Å²) in [7, 11) is 0. The third-order valence-electron chi connectivity index (χ3n) is 3.41. The molecule has 1 fully saturated rings. The van der Waals surface area contributed by atoms with E-state index in [1.54, 1.807) is 0 Å². The van der Waals surface area contributed by atoms with Crippen molar-refractivity contribution in [1.82, 2.24) is 0 Å². The van der Waals surface area contributed by atoms with Gasteiger partial charge in [-0.2, -0.15) is 0 Å². The van der Waals surface area contributed by atoms with Crippen LogP contribution in [0, 0.1) is 11.8 Å². The van der Waals surface area contributed by atoms with E-state index in [4.69, 9.17) is 4.74 Å². The minimum absolute atomic E-state index is 0.294. The third kappa shape index (κ3) is 2.81. The van der Waals surface area contributed by atoms with Crippen LogP contribution in [-0.2, 0) is 9.53 Å². The van der Waals surface area contributed by atoms with Crippen LogP contribution < -0.4 is 0 Å². The lowest BCUT2D eigenvalue weighted by molar-refractivity contribution is -0.153. The Morgan fingerprint density at radius 2 is 1.80 bits per heavy atom. The lowest BCUT2D eigenvalue weighted by Gasteiger charge is -2.41. The molecular formula is C13H24O2. The van der Waals surface area contributed by atoms with Gasteiger partial charge in [-0.05, 0) is 38.0 Å². The second-order valence-electron chi connectivity index (χ2n) is 5.06. The molecule has 0 spiro atoms. The second-order valence-corrected chi connectivity index (χ2v) is 5.06. The molecule has 0 radical (unpaired) electrons. The summed E-state index contributed by atoms with van der Waals surface area (Å²) in [5.74, 6) is 1.51. The van der Waals surface area contributed by atoms with Crippen LogP contribution in [-0.4, -0.2) is 18.0 Å². The zero-order chi connectivity index (χ0) is 11.5. The molecule has 0 saturated heterocycles. The third-order valence-corrected chi connectivity index (χ3v) is 3.41. The molecule has 15 heavy (non-hydrogen) atoms. The smallest absolute Gasteiger partial charge is 0.164 e. The molecule has 88 valence electrons.